The number of pyridine rings is 2. The average Bonchev–Trinajstić information content (AvgIpc) is 3.87. The van der Waals surface area contributed by atoms with Gasteiger partial charge in [0.05, 0.1) is 28.5 Å². The molecule has 1 aliphatic rings. The third kappa shape index (κ3) is 4.61. The molecule has 1 aliphatic heterocycles. The lowest BCUT2D eigenvalue weighted by Crippen LogP contribution is -2.58. The Labute approximate surface area is 325 Å². The molecule has 11 rings (SSSR count). The van der Waals surface area contributed by atoms with Crippen LogP contribution in [-0.4, -0.2) is 4.40 Å². The molecule has 0 amide bonds. The molecule has 5 aromatic carbocycles. The van der Waals surface area contributed by atoms with Crippen molar-refractivity contribution in [1.29, 1.82) is 0 Å². The summed E-state index contributed by atoms with van der Waals surface area (Å²) in [4.78, 5) is 0. The highest BCUT2D eigenvalue weighted by Gasteiger charge is 2.43. The number of hydrogen-bond donors (Lipinski definition) is 0. The van der Waals surface area contributed by atoms with Crippen LogP contribution < -0.4 is 9.13 Å². The lowest BCUT2D eigenvalue weighted by Gasteiger charge is -2.28. The maximum Gasteiger partial charge on any atom is 0.218 e. The summed E-state index contributed by atoms with van der Waals surface area (Å²) >= 11 is 1.92. The van der Waals surface area contributed by atoms with Crippen LogP contribution in [0.2, 0.25) is 0 Å². The zero-order chi connectivity index (χ0) is 37.0. The number of nitrogens with zero attached hydrogens (tertiary/aromatic N) is 3. The molecule has 0 fully saturated rings. The molecule has 10 aromatic rings. The van der Waals surface area contributed by atoms with E-state index in [1.807, 2.05) is 11.3 Å². The lowest BCUT2D eigenvalue weighted by molar-refractivity contribution is -0.758. The van der Waals surface area contributed by atoms with Gasteiger partial charge in [0.2, 0.25) is 11.4 Å². The van der Waals surface area contributed by atoms with Crippen LogP contribution in [0.4, 0.5) is 0 Å². The largest absolute Gasteiger partial charge is 0.308 e. The van der Waals surface area contributed by atoms with Gasteiger partial charge in [-0.3, -0.25) is 0 Å². The average molecular weight is 730 g/mol. The van der Waals surface area contributed by atoms with Gasteiger partial charge in [-0.15, -0.1) is 11.3 Å². The molecule has 0 saturated heterocycles. The number of hydrogen-bond acceptors (Lipinski definition) is 1. The van der Waals surface area contributed by atoms with E-state index in [1.165, 1.54) is 97.5 Å². The minimum Gasteiger partial charge on any atom is -0.308 e. The second-order valence-electron chi connectivity index (χ2n) is 15.7. The van der Waals surface area contributed by atoms with Crippen LogP contribution in [0.25, 0.3) is 86.5 Å². The first-order chi connectivity index (χ1) is 27.0. The van der Waals surface area contributed by atoms with E-state index in [4.69, 9.17) is 6.58 Å². The van der Waals surface area contributed by atoms with Gasteiger partial charge in [-0.1, -0.05) is 68.4 Å². The van der Waals surface area contributed by atoms with E-state index in [0.29, 0.717) is 0 Å². The van der Waals surface area contributed by atoms with Crippen LogP contribution in [0, 0.1) is 6.92 Å². The number of thiophene rings is 1. The molecule has 266 valence electrons. The Morgan fingerprint density at radius 2 is 1.42 bits per heavy atom. The van der Waals surface area contributed by atoms with Crippen molar-refractivity contribution in [3.05, 3.63) is 157 Å². The number of rotatable bonds is 2. The molecular formula is C51H43N3S+2. The Morgan fingerprint density at radius 3 is 2.29 bits per heavy atom. The highest BCUT2D eigenvalue weighted by molar-refractivity contribution is 7.26. The first kappa shape index (κ1) is 32.6. The molecule has 0 saturated carbocycles. The van der Waals surface area contributed by atoms with Crippen LogP contribution in [0.5, 0.6) is 0 Å². The molecule has 0 radical (unpaired) electrons. The summed E-state index contributed by atoms with van der Waals surface area (Å²) in [6.07, 6.45) is 9.28. The van der Waals surface area contributed by atoms with E-state index in [0.717, 1.165) is 37.8 Å². The molecule has 0 N–H and O–H groups in total. The van der Waals surface area contributed by atoms with Crippen LogP contribution >= 0.6 is 11.3 Å². The summed E-state index contributed by atoms with van der Waals surface area (Å²) in [5, 5.41) is 8.11. The van der Waals surface area contributed by atoms with Crippen LogP contribution in [0.3, 0.4) is 0 Å². The Morgan fingerprint density at radius 1 is 0.655 bits per heavy atom. The number of aromatic nitrogens is 3. The van der Waals surface area contributed by atoms with E-state index < -0.39 is 0 Å². The highest BCUT2D eigenvalue weighted by Crippen LogP contribution is 2.49. The number of benzene rings is 5. The van der Waals surface area contributed by atoms with Crippen molar-refractivity contribution < 1.29 is 9.13 Å². The molecule has 5 aromatic heterocycles. The number of allylic oxidation sites excluding steroid dienone is 1. The molecule has 6 heterocycles. The summed E-state index contributed by atoms with van der Waals surface area (Å²) < 4.78 is 10.3. The van der Waals surface area contributed by atoms with E-state index >= 15 is 0 Å². The van der Waals surface area contributed by atoms with E-state index in [2.05, 4.69) is 168 Å². The molecule has 0 spiro atoms. The van der Waals surface area contributed by atoms with E-state index in [-0.39, 0.29) is 5.54 Å². The normalized spacial score (nSPS) is 14.6. The smallest absolute Gasteiger partial charge is 0.218 e. The maximum absolute atomic E-state index is 4.82. The fourth-order valence-corrected chi connectivity index (χ4v) is 11.3. The fourth-order valence-electron chi connectivity index (χ4n) is 10.1. The number of aryl methyl sites for hydroxylation is 3. The van der Waals surface area contributed by atoms with Gasteiger partial charge in [0.1, 0.15) is 0 Å². The SMILES string of the molecule is C=C1CC(CC)(CC)[n+]2cc(C)ccc2-c2cc3c4c5c(cc6c7ccccc7n(c3cc2CCc2ccccc2-c2cccc[n+]21)c64)sc1ccccc15. The summed E-state index contributed by atoms with van der Waals surface area (Å²) in [5.41, 5.74) is 14.0. The second kappa shape index (κ2) is 12.1. The van der Waals surface area contributed by atoms with Crippen LogP contribution in [0.15, 0.2) is 140 Å². The van der Waals surface area contributed by atoms with Crippen molar-refractivity contribution >= 4 is 75.3 Å². The van der Waals surface area contributed by atoms with Crippen molar-refractivity contribution in [2.75, 3.05) is 0 Å². The highest BCUT2D eigenvalue weighted by atomic mass is 32.1. The molecule has 0 atom stereocenters. The summed E-state index contributed by atoms with van der Waals surface area (Å²) in [5.74, 6) is 0. The molecule has 55 heavy (non-hydrogen) atoms. The molecular weight excluding hydrogens is 687 g/mol. The van der Waals surface area contributed by atoms with Crippen molar-refractivity contribution in [2.45, 2.75) is 58.4 Å². The molecule has 4 heteroatoms. The van der Waals surface area contributed by atoms with Gasteiger partial charge in [0.15, 0.2) is 23.6 Å². The van der Waals surface area contributed by atoms with Crippen molar-refractivity contribution in [1.82, 2.24) is 4.40 Å². The summed E-state index contributed by atoms with van der Waals surface area (Å²) in [6, 6.07) is 45.9. The third-order valence-corrected chi connectivity index (χ3v) is 14.0. The topological polar surface area (TPSA) is 12.2 Å². The predicted octanol–water partition coefficient (Wildman–Crippen LogP) is 12.6. The Kier molecular flexibility index (Phi) is 7.16. The predicted molar refractivity (Wildman–Crippen MR) is 232 cm³/mol. The number of para-hydroxylation sites is 1. The lowest BCUT2D eigenvalue weighted by atomic mass is 9.85. The van der Waals surface area contributed by atoms with Crippen molar-refractivity contribution in [3.63, 3.8) is 0 Å². The van der Waals surface area contributed by atoms with Gasteiger partial charge in [-0.2, -0.15) is 9.13 Å². The monoisotopic (exact) mass is 729 g/mol. The minimum absolute atomic E-state index is 0.180. The Balaban J connectivity index is 1.30. The van der Waals surface area contributed by atoms with Gasteiger partial charge in [0, 0.05) is 83.9 Å². The number of fused-ring (bicyclic) bond motifs is 16. The van der Waals surface area contributed by atoms with Gasteiger partial charge >= 0.3 is 0 Å². The van der Waals surface area contributed by atoms with E-state index in [1.54, 1.807) is 0 Å². The first-order valence-electron chi connectivity index (χ1n) is 19.8. The Hall–Kier alpha value is -5.84. The quantitative estimate of drug-likeness (QED) is 0.157. The third-order valence-electron chi connectivity index (χ3n) is 12.9. The minimum atomic E-state index is -0.180. The molecule has 0 aliphatic carbocycles. The van der Waals surface area contributed by atoms with Gasteiger partial charge in [-0.25, -0.2) is 0 Å². The van der Waals surface area contributed by atoms with Gasteiger partial charge in [0.25, 0.3) is 0 Å². The second-order valence-corrected chi connectivity index (χ2v) is 16.8. The molecule has 0 unspecified atom stereocenters. The van der Waals surface area contributed by atoms with Crippen molar-refractivity contribution in [3.8, 4) is 22.5 Å². The van der Waals surface area contributed by atoms with Gasteiger partial charge in [-0.05, 0) is 86.0 Å². The fraction of sp³-hybridized carbons (Fsp3) is 0.176. The molecule has 0 bridgehead atoms. The molecule has 3 nitrogen and oxygen atoms in total. The van der Waals surface area contributed by atoms with Crippen molar-refractivity contribution in [2.24, 2.45) is 0 Å². The van der Waals surface area contributed by atoms with Crippen LogP contribution in [0.1, 0.15) is 49.8 Å². The summed E-state index contributed by atoms with van der Waals surface area (Å²) in [6.45, 7) is 11.8. The Bertz CT molecular complexity index is 3190. The van der Waals surface area contributed by atoms with Crippen LogP contribution in [-0.2, 0) is 18.4 Å². The van der Waals surface area contributed by atoms with E-state index in [9.17, 15) is 0 Å². The standard InChI is InChI=1S/C51H43N3S/c1-5-51(6-2)30-33(4)52-26-14-13-19-42(52)36-16-8-7-15-34(36)23-24-35-27-45-41(28-39(35)43-25-22-32(3)31-53(43)51)49-48-38-18-10-12-21-46(38)55-47(48)29-40-37-17-9-11-20-44(37)54(45)50(40)49/h7-22,25-29,31H,4-6,23-24,30H2,1-3H3/q+2. The maximum atomic E-state index is 4.82. The zero-order valence-electron chi connectivity index (χ0n) is 31.7. The first-order valence-corrected chi connectivity index (χ1v) is 20.6. The zero-order valence-corrected chi connectivity index (χ0v) is 32.5. The summed E-state index contributed by atoms with van der Waals surface area (Å²) in [7, 11) is 0. The van der Waals surface area contributed by atoms with Gasteiger partial charge < -0.3 is 4.40 Å².